The van der Waals surface area contributed by atoms with Gasteiger partial charge in [0.15, 0.2) is 0 Å². The van der Waals surface area contributed by atoms with Crippen LogP contribution in [0.3, 0.4) is 0 Å². The second-order valence-corrected chi connectivity index (χ2v) is 7.05. The number of nitrogens with one attached hydrogen (secondary N) is 2. The Morgan fingerprint density at radius 3 is 2.64 bits per heavy atom. The van der Waals surface area contributed by atoms with Gasteiger partial charge in [0.25, 0.3) is 5.91 Å². The third-order valence-electron chi connectivity index (χ3n) is 5.13. The lowest BCUT2D eigenvalue weighted by Crippen LogP contribution is -2.54. The molecule has 1 aromatic rings. The summed E-state index contributed by atoms with van der Waals surface area (Å²) < 4.78 is 0. The fraction of sp³-hybridized carbons (Fsp3) is 0.600. The molecule has 2 amide bonds. The molecule has 0 radical (unpaired) electrons. The van der Waals surface area contributed by atoms with Gasteiger partial charge in [-0.2, -0.15) is 0 Å². The van der Waals surface area contributed by atoms with Gasteiger partial charge in [-0.25, -0.2) is 0 Å². The number of piperidine rings is 1. The predicted octanol–water partition coefficient (Wildman–Crippen LogP) is 2.29. The molecule has 5 nitrogen and oxygen atoms in total. The van der Waals surface area contributed by atoms with Gasteiger partial charge in [-0.05, 0) is 50.4 Å². The number of likely N-dealkylation sites (tertiary alicyclic amines) is 1. The highest BCUT2D eigenvalue weighted by molar-refractivity contribution is 5.97. The molecule has 3 unspecified atom stereocenters. The molecule has 1 saturated heterocycles. The lowest BCUT2D eigenvalue weighted by atomic mass is 9.93. The molecule has 138 valence electrons. The summed E-state index contributed by atoms with van der Waals surface area (Å²) >= 11 is 0. The summed E-state index contributed by atoms with van der Waals surface area (Å²) in [6.07, 6.45) is 3.02. The Balaban J connectivity index is 2.08. The van der Waals surface area contributed by atoms with E-state index in [0.717, 1.165) is 38.9 Å². The zero-order valence-corrected chi connectivity index (χ0v) is 15.6. The third-order valence-corrected chi connectivity index (χ3v) is 5.13. The fourth-order valence-corrected chi connectivity index (χ4v) is 3.41. The van der Waals surface area contributed by atoms with Crippen molar-refractivity contribution in [2.45, 2.75) is 39.2 Å². The number of amides is 2. The summed E-state index contributed by atoms with van der Waals surface area (Å²) in [5, 5.41) is 6.19. The first-order chi connectivity index (χ1) is 12.1. The van der Waals surface area contributed by atoms with Crippen LogP contribution < -0.4 is 10.6 Å². The molecule has 0 spiro atoms. The van der Waals surface area contributed by atoms with Gasteiger partial charge in [-0.1, -0.05) is 38.5 Å². The molecule has 1 heterocycles. The van der Waals surface area contributed by atoms with Crippen LogP contribution >= 0.6 is 0 Å². The summed E-state index contributed by atoms with van der Waals surface area (Å²) in [4.78, 5) is 27.6. The van der Waals surface area contributed by atoms with E-state index < -0.39 is 6.04 Å². The molecule has 0 bridgehead atoms. The molecule has 0 saturated carbocycles. The first kappa shape index (κ1) is 19.4. The van der Waals surface area contributed by atoms with Crippen molar-refractivity contribution in [3.8, 4) is 0 Å². The summed E-state index contributed by atoms with van der Waals surface area (Å²) in [5.74, 6) is 0.470. The molecule has 2 rings (SSSR count). The van der Waals surface area contributed by atoms with Gasteiger partial charge in [0.1, 0.15) is 6.04 Å². The van der Waals surface area contributed by atoms with Crippen LogP contribution in [0.2, 0.25) is 0 Å². The van der Waals surface area contributed by atoms with Crippen molar-refractivity contribution in [3.63, 3.8) is 0 Å². The Kier molecular flexibility index (Phi) is 7.44. The molecule has 0 aromatic heterocycles. The van der Waals surface area contributed by atoms with Gasteiger partial charge in [0, 0.05) is 18.7 Å². The average Bonchev–Trinajstić information content (AvgIpc) is 2.66. The lowest BCUT2D eigenvalue weighted by Gasteiger charge is -2.36. The highest BCUT2D eigenvalue weighted by atomic mass is 16.2. The number of nitrogens with zero attached hydrogens (tertiary/aromatic N) is 1. The van der Waals surface area contributed by atoms with Crippen LogP contribution in [0.4, 0.5) is 0 Å². The van der Waals surface area contributed by atoms with Gasteiger partial charge in [0.2, 0.25) is 5.91 Å². The van der Waals surface area contributed by atoms with E-state index in [2.05, 4.69) is 17.6 Å². The maximum absolute atomic E-state index is 13.1. The first-order valence-corrected chi connectivity index (χ1v) is 9.36. The van der Waals surface area contributed by atoms with Crippen molar-refractivity contribution in [1.82, 2.24) is 15.5 Å². The number of carbonyl (C=O) groups excluding carboxylic acids is 2. The van der Waals surface area contributed by atoms with Crippen molar-refractivity contribution in [2.75, 3.05) is 26.7 Å². The van der Waals surface area contributed by atoms with Gasteiger partial charge < -0.3 is 15.5 Å². The minimum atomic E-state index is -0.467. The highest BCUT2D eigenvalue weighted by Crippen LogP contribution is 2.19. The molecule has 1 aliphatic heterocycles. The maximum atomic E-state index is 13.1. The number of hydrogen-bond donors (Lipinski definition) is 2. The van der Waals surface area contributed by atoms with E-state index >= 15 is 0 Å². The zero-order valence-electron chi connectivity index (χ0n) is 15.6. The Labute approximate surface area is 151 Å². The summed E-state index contributed by atoms with van der Waals surface area (Å²) in [5.41, 5.74) is 0.593. The minimum Gasteiger partial charge on any atom is -0.341 e. The van der Waals surface area contributed by atoms with Crippen LogP contribution in [-0.4, -0.2) is 49.4 Å². The van der Waals surface area contributed by atoms with E-state index in [1.807, 2.05) is 37.1 Å². The van der Waals surface area contributed by atoms with Crippen molar-refractivity contribution in [1.29, 1.82) is 0 Å². The van der Waals surface area contributed by atoms with Crippen LogP contribution in [0.25, 0.3) is 0 Å². The SMILES string of the molecule is CCC(C)C(NC(=O)c1ccccc1)C(=O)N1CCCC(CNC)C1. The van der Waals surface area contributed by atoms with Crippen LogP contribution in [0.1, 0.15) is 43.5 Å². The van der Waals surface area contributed by atoms with E-state index in [4.69, 9.17) is 0 Å². The summed E-state index contributed by atoms with van der Waals surface area (Å²) in [6, 6.07) is 8.63. The molecule has 1 aromatic carbocycles. The van der Waals surface area contributed by atoms with Crippen molar-refractivity contribution < 1.29 is 9.59 Å². The van der Waals surface area contributed by atoms with Gasteiger partial charge in [0.05, 0.1) is 0 Å². The van der Waals surface area contributed by atoms with Crippen LogP contribution in [0, 0.1) is 11.8 Å². The number of hydrogen-bond acceptors (Lipinski definition) is 3. The molecule has 1 fully saturated rings. The molecule has 3 atom stereocenters. The molecule has 25 heavy (non-hydrogen) atoms. The highest BCUT2D eigenvalue weighted by Gasteiger charge is 2.32. The summed E-state index contributed by atoms with van der Waals surface area (Å²) in [7, 11) is 1.95. The second kappa shape index (κ2) is 9.56. The topological polar surface area (TPSA) is 61.4 Å². The van der Waals surface area contributed by atoms with E-state index in [1.165, 1.54) is 0 Å². The number of rotatable bonds is 7. The molecular formula is C20H31N3O2. The quantitative estimate of drug-likeness (QED) is 0.797. The smallest absolute Gasteiger partial charge is 0.251 e. The fourth-order valence-electron chi connectivity index (χ4n) is 3.41. The largest absolute Gasteiger partial charge is 0.341 e. The van der Waals surface area contributed by atoms with Gasteiger partial charge >= 0.3 is 0 Å². The maximum Gasteiger partial charge on any atom is 0.251 e. The molecule has 5 heteroatoms. The molecule has 2 N–H and O–H groups in total. The normalized spacial score (nSPS) is 20.0. The average molecular weight is 345 g/mol. The lowest BCUT2D eigenvalue weighted by molar-refractivity contribution is -0.136. The zero-order chi connectivity index (χ0) is 18.2. The van der Waals surface area contributed by atoms with Crippen molar-refractivity contribution >= 4 is 11.8 Å². The van der Waals surface area contributed by atoms with Crippen molar-refractivity contribution in [2.24, 2.45) is 11.8 Å². The van der Waals surface area contributed by atoms with E-state index in [1.54, 1.807) is 12.1 Å². The molecule has 0 aliphatic carbocycles. The predicted molar refractivity (Wildman–Crippen MR) is 100 cm³/mol. The third kappa shape index (κ3) is 5.30. The first-order valence-electron chi connectivity index (χ1n) is 9.36. The van der Waals surface area contributed by atoms with E-state index in [9.17, 15) is 9.59 Å². The van der Waals surface area contributed by atoms with Crippen LogP contribution in [0.15, 0.2) is 30.3 Å². The number of carbonyl (C=O) groups is 2. The standard InChI is InChI=1S/C20H31N3O2/c1-4-15(2)18(22-19(24)17-10-6-5-7-11-17)20(25)23-12-8-9-16(14-23)13-21-3/h5-7,10-11,15-16,18,21H,4,8-9,12-14H2,1-3H3,(H,22,24). The Morgan fingerprint density at radius 1 is 1.28 bits per heavy atom. The second-order valence-electron chi connectivity index (χ2n) is 7.05. The Morgan fingerprint density at radius 2 is 2.00 bits per heavy atom. The van der Waals surface area contributed by atoms with Crippen LogP contribution in [0.5, 0.6) is 0 Å². The van der Waals surface area contributed by atoms with Crippen molar-refractivity contribution in [3.05, 3.63) is 35.9 Å². The van der Waals surface area contributed by atoms with Gasteiger partial charge in [-0.3, -0.25) is 9.59 Å². The Bertz CT molecular complexity index is 559. The monoisotopic (exact) mass is 345 g/mol. The van der Waals surface area contributed by atoms with Gasteiger partial charge in [-0.15, -0.1) is 0 Å². The van der Waals surface area contributed by atoms with E-state index in [-0.39, 0.29) is 17.7 Å². The number of benzene rings is 1. The summed E-state index contributed by atoms with van der Waals surface area (Å²) in [6.45, 7) is 6.57. The molecule has 1 aliphatic rings. The van der Waals surface area contributed by atoms with E-state index in [0.29, 0.717) is 11.5 Å². The minimum absolute atomic E-state index is 0.0550. The Hall–Kier alpha value is -1.88. The molecular weight excluding hydrogens is 314 g/mol. The van der Waals surface area contributed by atoms with Crippen LogP contribution in [-0.2, 0) is 4.79 Å².